The van der Waals surface area contributed by atoms with Gasteiger partial charge in [0, 0.05) is 11.8 Å². The lowest BCUT2D eigenvalue weighted by molar-refractivity contribution is 0.400. The first-order chi connectivity index (χ1) is 6.18. The number of nitrogens with one attached hydrogen (secondary N) is 1. The number of hydrogen-bond acceptors (Lipinski definition) is 2. The first kappa shape index (κ1) is 11.2. The van der Waals surface area contributed by atoms with Crippen LogP contribution in [0.15, 0.2) is 0 Å². The van der Waals surface area contributed by atoms with Gasteiger partial charge in [0.15, 0.2) is 5.82 Å². The maximum absolute atomic E-state index is 4.50. The zero-order valence-electron chi connectivity index (χ0n) is 10.1. The molecule has 80 valence electrons. The summed E-state index contributed by atoms with van der Waals surface area (Å²) in [7, 11) is 0. The summed E-state index contributed by atoms with van der Waals surface area (Å²) in [5.74, 6) is 1.89. The minimum atomic E-state index is 0.0587. The van der Waals surface area contributed by atoms with Crippen LogP contribution in [-0.2, 0) is 11.8 Å². The van der Waals surface area contributed by atoms with Crippen molar-refractivity contribution in [2.45, 2.75) is 53.4 Å². The molecule has 3 nitrogen and oxygen atoms in total. The van der Waals surface area contributed by atoms with Crippen LogP contribution in [0.2, 0.25) is 0 Å². The van der Waals surface area contributed by atoms with Gasteiger partial charge in [0.25, 0.3) is 0 Å². The summed E-state index contributed by atoms with van der Waals surface area (Å²) in [6.07, 6.45) is 0.916. The molecule has 1 aromatic heterocycles. The molecule has 0 amide bonds. The number of nitrogens with zero attached hydrogens (tertiary/aromatic N) is 2. The molecule has 0 unspecified atom stereocenters. The first-order valence-corrected chi connectivity index (χ1v) is 5.10. The second-order valence-electron chi connectivity index (χ2n) is 6.09. The molecule has 0 saturated carbocycles. The largest absolute Gasteiger partial charge is 0.263 e. The van der Waals surface area contributed by atoms with Gasteiger partial charge in [-0.05, 0) is 5.41 Å². The average molecular weight is 195 g/mol. The number of aromatic nitrogens is 3. The van der Waals surface area contributed by atoms with Crippen molar-refractivity contribution < 1.29 is 0 Å². The van der Waals surface area contributed by atoms with Crippen molar-refractivity contribution in [3.63, 3.8) is 0 Å². The van der Waals surface area contributed by atoms with E-state index in [1.807, 2.05) is 0 Å². The van der Waals surface area contributed by atoms with Gasteiger partial charge in [-0.15, -0.1) is 0 Å². The van der Waals surface area contributed by atoms with Crippen LogP contribution in [-0.4, -0.2) is 15.2 Å². The molecule has 0 radical (unpaired) electrons. The van der Waals surface area contributed by atoms with Crippen molar-refractivity contribution in [3.8, 4) is 0 Å². The molecule has 1 heterocycles. The Labute approximate surface area is 86.3 Å². The Morgan fingerprint density at radius 1 is 1.07 bits per heavy atom. The molecule has 1 N–H and O–H groups in total. The molecule has 0 saturated heterocycles. The van der Waals surface area contributed by atoms with E-state index in [1.165, 1.54) is 0 Å². The summed E-state index contributed by atoms with van der Waals surface area (Å²) >= 11 is 0. The zero-order chi connectivity index (χ0) is 11.0. The van der Waals surface area contributed by atoms with Gasteiger partial charge < -0.3 is 0 Å². The fourth-order valence-electron chi connectivity index (χ4n) is 1.19. The molecule has 0 aliphatic carbocycles. The van der Waals surface area contributed by atoms with Gasteiger partial charge in [-0.2, -0.15) is 5.10 Å². The van der Waals surface area contributed by atoms with Gasteiger partial charge in [0.2, 0.25) is 0 Å². The molecule has 1 rings (SSSR count). The predicted octanol–water partition coefficient (Wildman–Crippen LogP) is 2.69. The van der Waals surface area contributed by atoms with E-state index in [2.05, 4.69) is 56.7 Å². The van der Waals surface area contributed by atoms with Crippen LogP contribution in [0.3, 0.4) is 0 Å². The van der Waals surface area contributed by atoms with E-state index in [1.54, 1.807) is 0 Å². The fourth-order valence-corrected chi connectivity index (χ4v) is 1.19. The van der Waals surface area contributed by atoms with Crippen molar-refractivity contribution >= 4 is 0 Å². The Morgan fingerprint density at radius 3 is 2.00 bits per heavy atom. The van der Waals surface area contributed by atoms with Crippen molar-refractivity contribution in [2.75, 3.05) is 0 Å². The monoisotopic (exact) mass is 195 g/mol. The highest BCUT2D eigenvalue weighted by Crippen LogP contribution is 2.21. The summed E-state index contributed by atoms with van der Waals surface area (Å²) in [5.41, 5.74) is 0.306. The van der Waals surface area contributed by atoms with Crippen LogP contribution >= 0.6 is 0 Å². The van der Waals surface area contributed by atoms with Gasteiger partial charge in [-0.3, -0.25) is 5.10 Å². The quantitative estimate of drug-likeness (QED) is 0.748. The Balaban J connectivity index is 2.79. The number of H-pyrrole nitrogens is 1. The third kappa shape index (κ3) is 3.13. The fraction of sp³-hybridized carbons (Fsp3) is 0.818. The maximum Gasteiger partial charge on any atom is 0.151 e. The SMILES string of the molecule is CC(C)(C)Cc1n[nH]c(C(C)(C)C)n1. The third-order valence-corrected chi connectivity index (χ3v) is 1.93. The van der Waals surface area contributed by atoms with Crippen LogP contribution in [0.1, 0.15) is 53.2 Å². The molecule has 1 aromatic rings. The maximum atomic E-state index is 4.50. The minimum Gasteiger partial charge on any atom is -0.263 e. The Bertz CT molecular complexity index is 299. The molecule has 14 heavy (non-hydrogen) atoms. The van der Waals surface area contributed by atoms with Gasteiger partial charge in [0.05, 0.1) is 0 Å². The van der Waals surface area contributed by atoms with Crippen molar-refractivity contribution in [2.24, 2.45) is 5.41 Å². The second-order valence-corrected chi connectivity index (χ2v) is 6.09. The van der Waals surface area contributed by atoms with Crippen LogP contribution in [0, 0.1) is 5.41 Å². The van der Waals surface area contributed by atoms with Gasteiger partial charge in [-0.1, -0.05) is 41.5 Å². The average Bonchev–Trinajstić information content (AvgIpc) is 2.29. The van der Waals surface area contributed by atoms with Crippen molar-refractivity contribution in [3.05, 3.63) is 11.6 Å². The smallest absolute Gasteiger partial charge is 0.151 e. The molecule has 0 aromatic carbocycles. The summed E-state index contributed by atoms with van der Waals surface area (Å²) in [5, 5.41) is 7.24. The second kappa shape index (κ2) is 3.37. The van der Waals surface area contributed by atoms with Gasteiger partial charge in [-0.25, -0.2) is 4.98 Å². The topological polar surface area (TPSA) is 41.6 Å². The Kier molecular flexibility index (Phi) is 2.70. The lowest BCUT2D eigenvalue weighted by Crippen LogP contribution is -2.14. The highest BCUT2D eigenvalue weighted by atomic mass is 15.2. The summed E-state index contributed by atoms with van der Waals surface area (Å²) < 4.78 is 0. The van der Waals surface area contributed by atoms with Crippen LogP contribution in [0.4, 0.5) is 0 Å². The molecule has 0 bridgehead atoms. The molecule has 0 aliphatic rings. The minimum absolute atomic E-state index is 0.0587. The number of rotatable bonds is 1. The Morgan fingerprint density at radius 2 is 1.64 bits per heavy atom. The van der Waals surface area contributed by atoms with E-state index in [9.17, 15) is 0 Å². The summed E-state index contributed by atoms with van der Waals surface area (Å²) in [6.45, 7) is 13.0. The molecule has 3 heteroatoms. The molecule has 0 spiro atoms. The van der Waals surface area contributed by atoms with E-state index >= 15 is 0 Å². The molecular formula is C11H21N3. The van der Waals surface area contributed by atoms with Crippen LogP contribution in [0.5, 0.6) is 0 Å². The van der Waals surface area contributed by atoms with E-state index in [-0.39, 0.29) is 10.8 Å². The molecule has 0 atom stereocenters. The van der Waals surface area contributed by atoms with Crippen molar-refractivity contribution in [1.82, 2.24) is 15.2 Å². The molecular weight excluding hydrogens is 174 g/mol. The van der Waals surface area contributed by atoms with Crippen LogP contribution in [0.25, 0.3) is 0 Å². The van der Waals surface area contributed by atoms with E-state index < -0.39 is 0 Å². The Hall–Kier alpha value is -0.860. The zero-order valence-corrected chi connectivity index (χ0v) is 10.1. The summed E-state index contributed by atoms with van der Waals surface area (Å²) in [4.78, 5) is 4.50. The normalized spacial score (nSPS) is 13.3. The molecule has 0 fully saturated rings. The van der Waals surface area contributed by atoms with E-state index in [0.29, 0.717) is 0 Å². The standard InChI is InChI=1S/C11H21N3/c1-10(2,3)7-8-12-9(14-13-8)11(4,5)6/h7H2,1-6H3,(H,12,13,14). The first-order valence-electron chi connectivity index (χ1n) is 5.10. The third-order valence-electron chi connectivity index (χ3n) is 1.93. The lowest BCUT2D eigenvalue weighted by atomic mass is 9.92. The van der Waals surface area contributed by atoms with E-state index in [0.717, 1.165) is 18.1 Å². The van der Waals surface area contributed by atoms with Crippen molar-refractivity contribution in [1.29, 1.82) is 0 Å². The lowest BCUT2D eigenvalue weighted by Gasteiger charge is -2.15. The van der Waals surface area contributed by atoms with Crippen LogP contribution < -0.4 is 0 Å². The number of hydrogen-bond donors (Lipinski definition) is 1. The van der Waals surface area contributed by atoms with Gasteiger partial charge >= 0.3 is 0 Å². The van der Waals surface area contributed by atoms with E-state index in [4.69, 9.17) is 0 Å². The highest BCUT2D eigenvalue weighted by molar-refractivity contribution is 5.02. The summed E-state index contributed by atoms with van der Waals surface area (Å²) in [6, 6.07) is 0. The predicted molar refractivity (Wildman–Crippen MR) is 58.2 cm³/mol. The molecule has 0 aliphatic heterocycles. The van der Waals surface area contributed by atoms with Gasteiger partial charge in [0.1, 0.15) is 5.82 Å². The highest BCUT2D eigenvalue weighted by Gasteiger charge is 2.20. The number of aromatic amines is 1.